The second kappa shape index (κ2) is 5.79. The molecule has 3 N–H and O–H groups in total. The third-order valence-electron chi connectivity index (χ3n) is 3.08. The van der Waals surface area contributed by atoms with Crippen LogP contribution >= 0.6 is 0 Å². The van der Waals surface area contributed by atoms with Crippen molar-refractivity contribution in [3.05, 3.63) is 23.7 Å². The average Bonchev–Trinajstić information content (AvgIpc) is 2.64. The quantitative estimate of drug-likeness (QED) is 0.791. The van der Waals surface area contributed by atoms with Gasteiger partial charge < -0.3 is 11.1 Å². The maximum atomic E-state index is 5.46. The van der Waals surface area contributed by atoms with Gasteiger partial charge in [-0.25, -0.2) is 9.97 Å². The highest BCUT2D eigenvalue weighted by atomic mass is 15.3. The number of nitrogens with one attached hydrogen (secondary N) is 1. The predicted octanol–water partition coefficient (Wildman–Crippen LogP) is 1.25. The molecule has 102 valence electrons. The van der Waals surface area contributed by atoms with Crippen LogP contribution in [0.15, 0.2) is 12.3 Å². The molecule has 0 unspecified atom stereocenters. The smallest absolute Gasteiger partial charge is 0.223 e. The van der Waals surface area contributed by atoms with Crippen LogP contribution in [0.4, 0.5) is 5.95 Å². The van der Waals surface area contributed by atoms with Gasteiger partial charge in [0.05, 0.1) is 11.4 Å². The molecular weight excluding hydrogens is 240 g/mol. The predicted molar refractivity (Wildman–Crippen MR) is 75.9 cm³/mol. The van der Waals surface area contributed by atoms with E-state index in [2.05, 4.69) is 20.4 Å². The van der Waals surface area contributed by atoms with Crippen molar-refractivity contribution < 1.29 is 0 Å². The molecule has 0 saturated carbocycles. The fraction of sp³-hybridized carbons (Fsp3) is 0.462. The number of aryl methyl sites for hydroxylation is 2. The van der Waals surface area contributed by atoms with Crippen LogP contribution in [0.5, 0.6) is 0 Å². The van der Waals surface area contributed by atoms with Crippen LogP contribution < -0.4 is 11.1 Å². The summed E-state index contributed by atoms with van der Waals surface area (Å²) in [5, 5.41) is 7.58. The number of nitrogens with zero attached hydrogens (tertiary/aromatic N) is 4. The van der Waals surface area contributed by atoms with Crippen LogP contribution in [-0.4, -0.2) is 32.8 Å². The monoisotopic (exact) mass is 260 g/mol. The highest BCUT2D eigenvalue weighted by molar-refractivity contribution is 5.65. The molecule has 0 atom stereocenters. The molecule has 0 amide bonds. The lowest BCUT2D eigenvalue weighted by atomic mass is 10.1. The van der Waals surface area contributed by atoms with E-state index < -0.39 is 0 Å². The third kappa shape index (κ3) is 2.90. The van der Waals surface area contributed by atoms with Gasteiger partial charge in [0.2, 0.25) is 5.95 Å². The van der Waals surface area contributed by atoms with E-state index in [4.69, 9.17) is 5.73 Å². The van der Waals surface area contributed by atoms with E-state index >= 15 is 0 Å². The van der Waals surface area contributed by atoms with Crippen molar-refractivity contribution in [1.82, 2.24) is 19.7 Å². The molecule has 2 rings (SSSR count). The van der Waals surface area contributed by atoms with E-state index in [-0.39, 0.29) is 0 Å². The summed E-state index contributed by atoms with van der Waals surface area (Å²) in [7, 11) is 1.94. The molecule has 0 aliphatic heterocycles. The van der Waals surface area contributed by atoms with Crippen molar-refractivity contribution in [2.75, 3.05) is 18.4 Å². The molecule has 0 fully saturated rings. The Labute approximate surface area is 113 Å². The Morgan fingerprint density at radius 3 is 2.79 bits per heavy atom. The molecular formula is C13H20N6. The molecule has 2 heterocycles. The summed E-state index contributed by atoms with van der Waals surface area (Å²) in [5.41, 5.74) is 9.52. The molecule has 2 aromatic heterocycles. The van der Waals surface area contributed by atoms with Crippen molar-refractivity contribution in [2.45, 2.75) is 20.3 Å². The van der Waals surface area contributed by atoms with E-state index in [9.17, 15) is 0 Å². The first kappa shape index (κ1) is 13.5. The van der Waals surface area contributed by atoms with Gasteiger partial charge in [0, 0.05) is 31.0 Å². The molecule has 0 aliphatic rings. The standard InChI is InChI=1S/C13H20N6/c1-9-12(10(2)19(3)18-9)11-5-8-16-13(17-11)15-7-4-6-14/h5,8H,4,6-7,14H2,1-3H3,(H,15,16,17). The zero-order valence-corrected chi connectivity index (χ0v) is 11.6. The Hall–Kier alpha value is -1.95. The second-order valence-electron chi connectivity index (χ2n) is 4.50. The largest absolute Gasteiger partial charge is 0.354 e. The zero-order valence-electron chi connectivity index (χ0n) is 11.6. The van der Waals surface area contributed by atoms with Crippen LogP contribution in [0.3, 0.4) is 0 Å². The van der Waals surface area contributed by atoms with Crippen molar-refractivity contribution in [1.29, 1.82) is 0 Å². The van der Waals surface area contributed by atoms with Gasteiger partial charge in [-0.3, -0.25) is 4.68 Å². The summed E-state index contributed by atoms with van der Waals surface area (Å²) in [6, 6.07) is 1.91. The average molecular weight is 260 g/mol. The fourth-order valence-corrected chi connectivity index (χ4v) is 2.03. The van der Waals surface area contributed by atoms with Crippen LogP contribution in [-0.2, 0) is 7.05 Å². The highest BCUT2D eigenvalue weighted by Gasteiger charge is 2.13. The molecule has 2 aromatic rings. The number of nitrogens with two attached hydrogens (primary N) is 1. The summed E-state index contributed by atoms with van der Waals surface area (Å²) in [5.74, 6) is 0.633. The van der Waals surface area contributed by atoms with E-state index in [1.165, 1.54) is 0 Å². The fourth-order valence-electron chi connectivity index (χ4n) is 2.03. The van der Waals surface area contributed by atoms with Crippen LogP contribution in [0.1, 0.15) is 17.8 Å². The van der Waals surface area contributed by atoms with E-state index in [1.54, 1.807) is 6.20 Å². The number of rotatable bonds is 5. The molecule has 0 aliphatic carbocycles. The molecule has 0 radical (unpaired) electrons. The lowest BCUT2D eigenvalue weighted by molar-refractivity contribution is 0.731. The summed E-state index contributed by atoms with van der Waals surface area (Å²) >= 11 is 0. The Morgan fingerprint density at radius 1 is 1.37 bits per heavy atom. The molecule has 19 heavy (non-hydrogen) atoms. The number of hydrogen-bond donors (Lipinski definition) is 2. The van der Waals surface area contributed by atoms with Gasteiger partial charge in [0.1, 0.15) is 0 Å². The normalized spacial score (nSPS) is 10.7. The molecule has 0 spiro atoms. The van der Waals surface area contributed by atoms with Crippen LogP contribution in [0, 0.1) is 13.8 Å². The number of anilines is 1. The number of hydrogen-bond acceptors (Lipinski definition) is 5. The van der Waals surface area contributed by atoms with Crippen LogP contribution in [0.2, 0.25) is 0 Å². The van der Waals surface area contributed by atoms with Gasteiger partial charge in [-0.05, 0) is 32.9 Å². The third-order valence-corrected chi connectivity index (χ3v) is 3.08. The van der Waals surface area contributed by atoms with Gasteiger partial charge in [-0.2, -0.15) is 5.10 Å². The topological polar surface area (TPSA) is 81.7 Å². The van der Waals surface area contributed by atoms with E-state index in [0.717, 1.165) is 35.6 Å². The summed E-state index contributed by atoms with van der Waals surface area (Å²) in [4.78, 5) is 8.75. The molecule has 0 bridgehead atoms. The van der Waals surface area contributed by atoms with Gasteiger partial charge in [0.15, 0.2) is 0 Å². The maximum Gasteiger partial charge on any atom is 0.223 e. The van der Waals surface area contributed by atoms with Crippen molar-refractivity contribution >= 4 is 5.95 Å². The van der Waals surface area contributed by atoms with E-state index in [0.29, 0.717) is 12.5 Å². The minimum absolute atomic E-state index is 0.633. The first-order chi connectivity index (χ1) is 9.13. The number of aromatic nitrogens is 4. The van der Waals surface area contributed by atoms with E-state index in [1.807, 2.05) is 31.6 Å². The minimum Gasteiger partial charge on any atom is -0.354 e. The van der Waals surface area contributed by atoms with Crippen molar-refractivity contribution in [2.24, 2.45) is 12.8 Å². The van der Waals surface area contributed by atoms with Gasteiger partial charge in [-0.15, -0.1) is 0 Å². The maximum absolute atomic E-state index is 5.46. The highest BCUT2D eigenvalue weighted by Crippen LogP contribution is 2.24. The Bertz CT molecular complexity index is 560. The van der Waals surface area contributed by atoms with Gasteiger partial charge >= 0.3 is 0 Å². The van der Waals surface area contributed by atoms with Gasteiger partial charge in [-0.1, -0.05) is 0 Å². The molecule has 6 heteroatoms. The lowest BCUT2D eigenvalue weighted by Gasteiger charge is -2.06. The zero-order chi connectivity index (χ0) is 13.8. The first-order valence-electron chi connectivity index (χ1n) is 6.41. The Balaban J connectivity index is 2.27. The Kier molecular flexibility index (Phi) is 4.11. The molecule has 0 aromatic carbocycles. The first-order valence-corrected chi connectivity index (χ1v) is 6.41. The lowest BCUT2D eigenvalue weighted by Crippen LogP contribution is -2.10. The van der Waals surface area contributed by atoms with Crippen molar-refractivity contribution in [3.8, 4) is 11.3 Å². The van der Waals surface area contributed by atoms with Crippen molar-refractivity contribution in [3.63, 3.8) is 0 Å². The molecule has 0 saturated heterocycles. The Morgan fingerprint density at radius 2 is 2.16 bits per heavy atom. The summed E-state index contributed by atoms with van der Waals surface area (Å²) < 4.78 is 1.87. The summed E-state index contributed by atoms with van der Waals surface area (Å²) in [6.07, 6.45) is 2.66. The van der Waals surface area contributed by atoms with Crippen LogP contribution in [0.25, 0.3) is 11.3 Å². The minimum atomic E-state index is 0.633. The summed E-state index contributed by atoms with van der Waals surface area (Å²) in [6.45, 7) is 5.48. The SMILES string of the molecule is Cc1nn(C)c(C)c1-c1ccnc(NCCCN)n1. The second-order valence-corrected chi connectivity index (χ2v) is 4.50. The molecule has 6 nitrogen and oxygen atoms in total. The van der Waals surface area contributed by atoms with Gasteiger partial charge in [0.25, 0.3) is 0 Å².